The van der Waals surface area contributed by atoms with Crippen molar-refractivity contribution in [1.29, 1.82) is 0 Å². The SMILES string of the molecule is CC(=O)N(c1cc(NC(=O)Cc2c(Cl)cccc2Cl)ccn1)c1cc(F)ccc1Cl. The van der Waals surface area contributed by atoms with Gasteiger partial charge in [0.2, 0.25) is 11.8 Å². The Morgan fingerprint density at radius 3 is 2.40 bits per heavy atom. The average molecular weight is 467 g/mol. The molecule has 0 radical (unpaired) electrons. The van der Waals surface area contributed by atoms with Crippen LogP contribution in [-0.4, -0.2) is 16.8 Å². The Morgan fingerprint density at radius 2 is 1.73 bits per heavy atom. The number of hydrogen-bond donors (Lipinski definition) is 1. The van der Waals surface area contributed by atoms with Gasteiger partial charge in [-0.05, 0) is 42.0 Å². The average Bonchev–Trinajstić information content (AvgIpc) is 2.68. The third-order valence-electron chi connectivity index (χ3n) is 4.12. The molecule has 30 heavy (non-hydrogen) atoms. The molecule has 3 rings (SSSR count). The second-order valence-corrected chi connectivity index (χ2v) is 7.50. The number of amides is 2. The predicted octanol–water partition coefficient (Wildman–Crippen LogP) is 6.05. The molecule has 2 aromatic carbocycles. The van der Waals surface area contributed by atoms with Crippen LogP contribution < -0.4 is 10.2 Å². The predicted molar refractivity (Wildman–Crippen MR) is 117 cm³/mol. The van der Waals surface area contributed by atoms with Gasteiger partial charge in [-0.15, -0.1) is 0 Å². The first kappa shape index (κ1) is 22.0. The van der Waals surface area contributed by atoms with Crippen LogP contribution in [0.2, 0.25) is 15.1 Å². The number of nitrogens with one attached hydrogen (secondary N) is 1. The van der Waals surface area contributed by atoms with Crippen LogP contribution in [0.1, 0.15) is 12.5 Å². The van der Waals surface area contributed by atoms with Crippen molar-refractivity contribution in [1.82, 2.24) is 4.98 Å². The highest BCUT2D eigenvalue weighted by atomic mass is 35.5. The molecule has 154 valence electrons. The second-order valence-electron chi connectivity index (χ2n) is 6.28. The minimum Gasteiger partial charge on any atom is -0.326 e. The van der Waals surface area contributed by atoms with Crippen molar-refractivity contribution < 1.29 is 14.0 Å². The van der Waals surface area contributed by atoms with E-state index in [9.17, 15) is 14.0 Å². The van der Waals surface area contributed by atoms with Crippen LogP contribution in [0.25, 0.3) is 0 Å². The molecule has 0 aliphatic heterocycles. The van der Waals surface area contributed by atoms with Gasteiger partial charge in [0.25, 0.3) is 0 Å². The smallest absolute Gasteiger partial charge is 0.229 e. The summed E-state index contributed by atoms with van der Waals surface area (Å²) in [6.45, 7) is 1.30. The summed E-state index contributed by atoms with van der Waals surface area (Å²) in [6.07, 6.45) is 1.37. The molecule has 0 saturated heterocycles. The number of nitrogens with zero attached hydrogens (tertiary/aromatic N) is 2. The molecule has 5 nitrogen and oxygen atoms in total. The van der Waals surface area contributed by atoms with Gasteiger partial charge in [-0.3, -0.25) is 14.5 Å². The summed E-state index contributed by atoms with van der Waals surface area (Å²) in [6, 6.07) is 11.7. The molecule has 1 heterocycles. The molecule has 0 unspecified atom stereocenters. The van der Waals surface area contributed by atoms with E-state index in [4.69, 9.17) is 34.8 Å². The molecule has 1 N–H and O–H groups in total. The fraction of sp³-hybridized carbons (Fsp3) is 0.0952. The Hall–Kier alpha value is -2.67. The number of benzene rings is 2. The van der Waals surface area contributed by atoms with E-state index in [1.807, 2.05) is 0 Å². The molecule has 1 aromatic heterocycles. The first-order chi connectivity index (χ1) is 14.3. The van der Waals surface area contributed by atoms with Gasteiger partial charge >= 0.3 is 0 Å². The molecule has 0 aliphatic rings. The summed E-state index contributed by atoms with van der Waals surface area (Å²) in [5.41, 5.74) is 1.03. The standard InChI is InChI=1S/C21H15Cl3FN3O2/c1-12(29)28(19-9-13(25)5-6-18(19)24)20-10-14(7-8-26-20)27-21(30)11-15-16(22)3-2-4-17(15)23/h2-10H,11H2,1H3,(H,26,27,30). The monoisotopic (exact) mass is 465 g/mol. The Morgan fingerprint density at radius 1 is 1.03 bits per heavy atom. The molecular formula is C21H15Cl3FN3O2. The number of pyridine rings is 1. The summed E-state index contributed by atoms with van der Waals surface area (Å²) in [5, 5.41) is 3.66. The van der Waals surface area contributed by atoms with Crippen molar-refractivity contribution in [3.8, 4) is 0 Å². The molecule has 3 aromatic rings. The zero-order valence-corrected chi connectivity index (χ0v) is 17.9. The van der Waals surface area contributed by atoms with Crippen molar-refractivity contribution in [3.63, 3.8) is 0 Å². The van der Waals surface area contributed by atoms with Crippen molar-refractivity contribution in [2.75, 3.05) is 10.2 Å². The molecule has 0 atom stereocenters. The van der Waals surface area contributed by atoms with Crippen molar-refractivity contribution in [2.24, 2.45) is 0 Å². The van der Waals surface area contributed by atoms with E-state index in [1.165, 1.54) is 31.3 Å². The molecule has 0 saturated carbocycles. The third-order valence-corrected chi connectivity index (χ3v) is 5.15. The summed E-state index contributed by atoms with van der Waals surface area (Å²) in [5.74, 6) is -1.17. The van der Waals surface area contributed by atoms with Crippen LogP contribution in [-0.2, 0) is 16.0 Å². The second kappa shape index (κ2) is 9.43. The van der Waals surface area contributed by atoms with E-state index in [0.29, 0.717) is 21.3 Å². The lowest BCUT2D eigenvalue weighted by Crippen LogP contribution is -2.24. The van der Waals surface area contributed by atoms with Crippen LogP contribution >= 0.6 is 34.8 Å². The first-order valence-electron chi connectivity index (χ1n) is 8.71. The van der Waals surface area contributed by atoms with E-state index < -0.39 is 11.7 Å². The van der Waals surface area contributed by atoms with Gasteiger partial charge in [-0.1, -0.05) is 40.9 Å². The van der Waals surface area contributed by atoms with E-state index in [-0.39, 0.29) is 28.9 Å². The van der Waals surface area contributed by atoms with Crippen molar-refractivity contribution in [2.45, 2.75) is 13.3 Å². The van der Waals surface area contributed by atoms with Crippen molar-refractivity contribution in [3.05, 3.63) is 81.2 Å². The summed E-state index contributed by atoms with van der Waals surface area (Å²) in [7, 11) is 0. The maximum absolute atomic E-state index is 13.7. The lowest BCUT2D eigenvalue weighted by molar-refractivity contribution is -0.116. The minimum absolute atomic E-state index is 0.0394. The van der Waals surface area contributed by atoms with Gasteiger partial charge in [0.15, 0.2) is 0 Å². The van der Waals surface area contributed by atoms with Crippen LogP contribution in [0.4, 0.5) is 21.6 Å². The summed E-state index contributed by atoms with van der Waals surface area (Å²) >= 11 is 18.4. The van der Waals surface area contributed by atoms with Gasteiger partial charge in [-0.2, -0.15) is 0 Å². The third kappa shape index (κ3) is 5.08. The van der Waals surface area contributed by atoms with E-state index >= 15 is 0 Å². The first-order valence-corrected chi connectivity index (χ1v) is 9.84. The van der Waals surface area contributed by atoms with Gasteiger partial charge < -0.3 is 5.32 Å². The molecular weight excluding hydrogens is 452 g/mol. The van der Waals surface area contributed by atoms with Crippen LogP contribution in [0, 0.1) is 5.82 Å². The van der Waals surface area contributed by atoms with Crippen LogP contribution in [0.15, 0.2) is 54.7 Å². The molecule has 2 amide bonds. The maximum atomic E-state index is 13.7. The number of rotatable bonds is 5. The minimum atomic E-state index is -0.554. The van der Waals surface area contributed by atoms with E-state index in [1.54, 1.807) is 24.3 Å². The highest BCUT2D eigenvalue weighted by molar-refractivity contribution is 6.36. The maximum Gasteiger partial charge on any atom is 0.229 e. The lowest BCUT2D eigenvalue weighted by Gasteiger charge is -2.22. The molecule has 0 aliphatic carbocycles. The molecule has 9 heteroatoms. The number of aromatic nitrogens is 1. The van der Waals surface area contributed by atoms with Crippen molar-refractivity contribution >= 4 is 63.8 Å². The Balaban J connectivity index is 1.86. The number of hydrogen-bond acceptors (Lipinski definition) is 3. The molecule has 0 spiro atoms. The van der Waals surface area contributed by atoms with Crippen LogP contribution in [0.5, 0.6) is 0 Å². The number of carbonyl (C=O) groups excluding carboxylic acids is 2. The Labute approximate surface area is 187 Å². The highest BCUT2D eigenvalue weighted by Crippen LogP contribution is 2.33. The van der Waals surface area contributed by atoms with Gasteiger partial charge in [0.05, 0.1) is 17.1 Å². The van der Waals surface area contributed by atoms with E-state index in [2.05, 4.69) is 10.3 Å². The Kier molecular flexibility index (Phi) is 6.92. The largest absolute Gasteiger partial charge is 0.326 e. The van der Waals surface area contributed by atoms with Gasteiger partial charge in [-0.25, -0.2) is 9.37 Å². The quantitative estimate of drug-likeness (QED) is 0.498. The number of halogens is 4. The van der Waals surface area contributed by atoms with Gasteiger partial charge in [0.1, 0.15) is 11.6 Å². The highest BCUT2D eigenvalue weighted by Gasteiger charge is 2.20. The topological polar surface area (TPSA) is 62.3 Å². The van der Waals surface area contributed by atoms with Gasteiger partial charge in [0, 0.05) is 34.9 Å². The van der Waals surface area contributed by atoms with E-state index in [0.717, 1.165) is 11.0 Å². The van der Waals surface area contributed by atoms with Crippen LogP contribution in [0.3, 0.4) is 0 Å². The number of anilines is 3. The fourth-order valence-electron chi connectivity index (χ4n) is 2.80. The zero-order chi connectivity index (χ0) is 21.8. The molecule has 0 bridgehead atoms. The Bertz CT molecular complexity index is 1100. The molecule has 0 fully saturated rings. The fourth-order valence-corrected chi connectivity index (χ4v) is 3.53. The number of carbonyl (C=O) groups is 2. The lowest BCUT2D eigenvalue weighted by atomic mass is 10.1. The normalized spacial score (nSPS) is 10.6. The summed E-state index contributed by atoms with van der Waals surface area (Å²) < 4.78 is 13.7. The zero-order valence-electron chi connectivity index (χ0n) is 15.6. The summed E-state index contributed by atoms with van der Waals surface area (Å²) in [4.78, 5) is 30.0.